The molecule has 0 aromatic heterocycles. The summed E-state index contributed by atoms with van der Waals surface area (Å²) in [6.45, 7) is -0.395. The third-order valence-corrected chi connectivity index (χ3v) is 1.33. The van der Waals surface area contributed by atoms with Crippen molar-refractivity contribution in [1.29, 1.82) is 0 Å². The second-order valence-electron chi connectivity index (χ2n) is 2.71. The van der Waals surface area contributed by atoms with E-state index in [9.17, 15) is 18.0 Å². The second kappa shape index (κ2) is 6.61. The monoisotopic (exact) mass is 213 g/mol. The van der Waals surface area contributed by atoms with Gasteiger partial charge in [-0.25, -0.2) is 0 Å². The van der Waals surface area contributed by atoms with Crippen LogP contribution in [0.15, 0.2) is 0 Å². The molecule has 0 aromatic rings. The predicted molar refractivity (Wildman–Crippen MR) is 45.6 cm³/mol. The molecule has 0 atom stereocenters. The highest BCUT2D eigenvalue weighted by atomic mass is 19.4. The molecule has 0 saturated carbocycles. The SMILES string of the molecule is NCCCNCC(=O)NCC(F)(F)F. The molecule has 4 N–H and O–H groups in total. The lowest BCUT2D eigenvalue weighted by Gasteiger charge is -2.08. The largest absolute Gasteiger partial charge is 0.405 e. The molecule has 84 valence electrons. The van der Waals surface area contributed by atoms with Gasteiger partial charge in [-0.3, -0.25) is 4.79 Å². The highest BCUT2D eigenvalue weighted by Crippen LogP contribution is 2.11. The molecule has 0 aliphatic heterocycles. The van der Waals surface area contributed by atoms with Gasteiger partial charge in [0.25, 0.3) is 0 Å². The maximum Gasteiger partial charge on any atom is 0.405 e. The quantitative estimate of drug-likeness (QED) is 0.526. The summed E-state index contributed by atoms with van der Waals surface area (Å²) in [7, 11) is 0. The molecule has 1 amide bonds. The molecule has 0 saturated heterocycles. The van der Waals surface area contributed by atoms with Crippen LogP contribution in [0.5, 0.6) is 0 Å². The summed E-state index contributed by atoms with van der Waals surface area (Å²) >= 11 is 0. The Morgan fingerprint density at radius 1 is 1.36 bits per heavy atom. The average molecular weight is 213 g/mol. The van der Waals surface area contributed by atoms with E-state index in [4.69, 9.17) is 5.73 Å². The predicted octanol–water partition coefficient (Wildman–Crippen LogP) is -0.397. The van der Waals surface area contributed by atoms with Crippen LogP contribution < -0.4 is 16.4 Å². The Morgan fingerprint density at radius 3 is 2.50 bits per heavy atom. The standard InChI is InChI=1S/C7H14F3N3O/c8-7(9,10)5-13-6(14)4-12-3-1-2-11/h12H,1-5,11H2,(H,13,14). The average Bonchev–Trinajstić information content (AvgIpc) is 2.08. The number of rotatable bonds is 6. The highest BCUT2D eigenvalue weighted by Gasteiger charge is 2.27. The summed E-state index contributed by atoms with van der Waals surface area (Å²) in [6.07, 6.45) is -3.67. The van der Waals surface area contributed by atoms with Gasteiger partial charge in [0.2, 0.25) is 5.91 Å². The van der Waals surface area contributed by atoms with Gasteiger partial charge in [-0.05, 0) is 19.5 Å². The summed E-state index contributed by atoms with van der Waals surface area (Å²) in [5, 5.41) is 4.40. The van der Waals surface area contributed by atoms with E-state index >= 15 is 0 Å². The molecule has 0 fully saturated rings. The molecular formula is C7H14F3N3O. The van der Waals surface area contributed by atoms with Crippen molar-refractivity contribution in [2.75, 3.05) is 26.2 Å². The Hall–Kier alpha value is -0.820. The lowest BCUT2D eigenvalue weighted by molar-refractivity contribution is -0.137. The first-order chi connectivity index (χ1) is 6.45. The third-order valence-electron chi connectivity index (χ3n) is 1.33. The third kappa shape index (κ3) is 9.27. The van der Waals surface area contributed by atoms with E-state index in [1.165, 1.54) is 0 Å². The highest BCUT2D eigenvalue weighted by molar-refractivity contribution is 5.77. The number of amides is 1. The van der Waals surface area contributed by atoms with Crippen molar-refractivity contribution in [3.63, 3.8) is 0 Å². The number of halogens is 3. The van der Waals surface area contributed by atoms with Crippen molar-refractivity contribution in [2.45, 2.75) is 12.6 Å². The van der Waals surface area contributed by atoms with Crippen LogP contribution in [0.25, 0.3) is 0 Å². The number of carbonyl (C=O) groups excluding carboxylic acids is 1. The Bertz CT molecular complexity index is 172. The number of nitrogens with two attached hydrogens (primary N) is 1. The van der Waals surface area contributed by atoms with Crippen molar-refractivity contribution >= 4 is 5.91 Å². The molecule has 0 rings (SSSR count). The number of nitrogens with one attached hydrogen (secondary N) is 2. The number of alkyl halides is 3. The molecule has 0 aliphatic rings. The maximum atomic E-state index is 11.6. The zero-order valence-electron chi connectivity index (χ0n) is 7.66. The zero-order valence-corrected chi connectivity index (χ0v) is 7.66. The van der Waals surface area contributed by atoms with Crippen LogP contribution in [0.4, 0.5) is 13.2 Å². The zero-order chi connectivity index (χ0) is 11.0. The molecule has 0 bridgehead atoms. The first kappa shape index (κ1) is 13.2. The summed E-state index contributed by atoms with van der Waals surface area (Å²) in [5.74, 6) is -0.667. The summed E-state index contributed by atoms with van der Waals surface area (Å²) in [6, 6.07) is 0. The van der Waals surface area contributed by atoms with E-state index in [1.54, 1.807) is 5.32 Å². The van der Waals surface area contributed by atoms with Crippen LogP contribution >= 0.6 is 0 Å². The summed E-state index contributed by atoms with van der Waals surface area (Å²) < 4.78 is 34.8. The van der Waals surface area contributed by atoms with Crippen molar-refractivity contribution < 1.29 is 18.0 Å². The Morgan fingerprint density at radius 2 is 2.00 bits per heavy atom. The molecule has 14 heavy (non-hydrogen) atoms. The van der Waals surface area contributed by atoms with Crippen LogP contribution in [0.2, 0.25) is 0 Å². The van der Waals surface area contributed by atoms with Gasteiger partial charge in [0.05, 0.1) is 6.54 Å². The molecule has 0 unspecified atom stereocenters. The molecule has 0 spiro atoms. The van der Waals surface area contributed by atoms with E-state index in [2.05, 4.69) is 5.32 Å². The Kier molecular flexibility index (Phi) is 6.22. The van der Waals surface area contributed by atoms with E-state index in [0.29, 0.717) is 19.5 Å². The molecule has 7 heteroatoms. The van der Waals surface area contributed by atoms with Crippen molar-refractivity contribution in [3.05, 3.63) is 0 Å². The number of carbonyl (C=O) groups is 1. The van der Waals surface area contributed by atoms with Gasteiger partial charge in [-0.2, -0.15) is 13.2 Å². The van der Waals surface area contributed by atoms with Crippen LogP contribution in [0.1, 0.15) is 6.42 Å². The van der Waals surface area contributed by atoms with E-state index in [-0.39, 0.29) is 6.54 Å². The fourth-order valence-corrected chi connectivity index (χ4v) is 0.690. The minimum absolute atomic E-state index is 0.115. The lowest BCUT2D eigenvalue weighted by Crippen LogP contribution is -2.39. The minimum atomic E-state index is -4.35. The molecule has 0 aliphatic carbocycles. The van der Waals surface area contributed by atoms with Crippen LogP contribution in [0, 0.1) is 0 Å². The van der Waals surface area contributed by atoms with Crippen molar-refractivity contribution in [3.8, 4) is 0 Å². The van der Waals surface area contributed by atoms with Gasteiger partial charge in [-0.1, -0.05) is 0 Å². The molecular weight excluding hydrogens is 199 g/mol. The second-order valence-corrected chi connectivity index (χ2v) is 2.71. The molecule has 0 aromatic carbocycles. The summed E-state index contributed by atoms with van der Waals surface area (Å²) in [5.41, 5.74) is 5.17. The van der Waals surface area contributed by atoms with Crippen LogP contribution in [-0.2, 0) is 4.79 Å². The smallest absolute Gasteiger partial charge is 0.346 e. The fraction of sp³-hybridized carbons (Fsp3) is 0.857. The topological polar surface area (TPSA) is 67.1 Å². The van der Waals surface area contributed by atoms with Crippen LogP contribution in [0.3, 0.4) is 0 Å². The van der Waals surface area contributed by atoms with Crippen LogP contribution in [-0.4, -0.2) is 38.3 Å². The van der Waals surface area contributed by atoms with E-state index in [0.717, 1.165) is 0 Å². The minimum Gasteiger partial charge on any atom is -0.346 e. The van der Waals surface area contributed by atoms with Gasteiger partial charge < -0.3 is 16.4 Å². The summed E-state index contributed by atoms with van der Waals surface area (Å²) in [4.78, 5) is 10.7. The molecule has 0 heterocycles. The van der Waals surface area contributed by atoms with Gasteiger partial charge in [0.1, 0.15) is 6.54 Å². The van der Waals surface area contributed by atoms with Gasteiger partial charge in [0.15, 0.2) is 0 Å². The van der Waals surface area contributed by atoms with E-state index < -0.39 is 18.6 Å². The number of hydrogen-bond donors (Lipinski definition) is 3. The van der Waals surface area contributed by atoms with Gasteiger partial charge in [-0.15, -0.1) is 0 Å². The fourth-order valence-electron chi connectivity index (χ4n) is 0.690. The normalized spacial score (nSPS) is 11.4. The molecule has 0 radical (unpaired) electrons. The lowest BCUT2D eigenvalue weighted by atomic mass is 10.4. The number of hydrogen-bond acceptors (Lipinski definition) is 3. The van der Waals surface area contributed by atoms with Crippen molar-refractivity contribution in [2.24, 2.45) is 5.73 Å². The van der Waals surface area contributed by atoms with Gasteiger partial charge >= 0.3 is 6.18 Å². The van der Waals surface area contributed by atoms with Gasteiger partial charge in [0, 0.05) is 0 Å². The Labute approximate surface area is 80.0 Å². The Balaban J connectivity index is 3.38. The van der Waals surface area contributed by atoms with E-state index in [1.807, 2.05) is 0 Å². The first-order valence-electron chi connectivity index (χ1n) is 4.20. The van der Waals surface area contributed by atoms with Crippen molar-refractivity contribution in [1.82, 2.24) is 10.6 Å². The maximum absolute atomic E-state index is 11.6. The first-order valence-corrected chi connectivity index (χ1v) is 4.20. The molecule has 4 nitrogen and oxygen atoms in total.